The monoisotopic (exact) mass is 473 g/mol. The Hall–Kier alpha value is -2.54. The van der Waals surface area contributed by atoms with Crippen molar-refractivity contribution in [2.45, 2.75) is 37.9 Å². The minimum atomic E-state index is -0.581. The van der Waals surface area contributed by atoms with Crippen molar-refractivity contribution < 1.29 is 23.8 Å². The molecule has 1 fully saturated rings. The van der Waals surface area contributed by atoms with Crippen molar-refractivity contribution in [3.8, 4) is 17.2 Å². The molecule has 0 bridgehead atoms. The summed E-state index contributed by atoms with van der Waals surface area (Å²) in [5.74, 6) is 1.89. The fraction of sp³-hybridized carbons (Fsp3) is 0.391. The van der Waals surface area contributed by atoms with Crippen LogP contribution in [0.15, 0.2) is 46.9 Å². The van der Waals surface area contributed by atoms with Crippen LogP contribution in [0, 0.1) is 0 Å². The average molecular weight is 474 g/mol. The summed E-state index contributed by atoms with van der Waals surface area (Å²) in [6, 6.07) is 12.7. The van der Waals surface area contributed by atoms with Crippen LogP contribution in [0.3, 0.4) is 0 Å². The summed E-state index contributed by atoms with van der Waals surface area (Å²) in [4.78, 5) is 27.4. The van der Waals surface area contributed by atoms with Crippen molar-refractivity contribution in [3.05, 3.63) is 52.5 Å². The molecule has 30 heavy (non-hydrogen) atoms. The Kier molecular flexibility index (Phi) is 5.73. The largest absolute Gasteiger partial charge is 0.497 e. The molecule has 2 aromatic carbocycles. The number of ether oxygens (including phenoxy) is 3. The average Bonchev–Trinajstić information content (AvgIpc) is 2.75. The lowest BCUT2D eigenvalue weighted by molar-refractivity contribution is -0.141. The molecule has 7 heteroatoms. The predicted octanol–water partition coefficient (Wildman–Crippen LogP) is 4.25. The molecule has 1 saturated heterocycles. The highest BCUT2D eigenvalue weighted by molar-refractivity contribution is 9.10. The first kappa shape index (κ1) is 20.7. The molecule has 1 amide bonds. The second-order valence-electron chi connectivity index (χ2n) is 7.79. The summed E-state index contributed by atoms with van der Waals surface area (Å²) in [6.07, 6.45) is 0.963. The molecular formula is C23H24BrNO5. The molecule has 2 aliphatic rings. The number of halogens is 1. The topological polar surface area (TPSA) is 65.1 Å². The number of methoxy groups -OCH3 is 1. The van der Waals surface area contributed by atoms with Crippen LogP contribution in [0.25, 0.3) is 0 Å². The summed E-state index contributed by atoms with van der Waals surface area (Å²) in [6.45, 7) is 2.83. The van der Waals surface area contributed by atoms with Crippen LogP contribution in [-0.2, 0) is 4.79 Å². The van der Waals surface area contributed by atoms with E-state index in [9.17, 15) is 9.59 Å². The van der Waals surface area contributed by atoms with Gasteiger partial charge in [0.1, 0.15) is 22.8 Å². The fourth-order valence-electron chi connectivity index (χ4n) is 4.04. The van der Waals surface area contributed by atoms with E-state index in [0.29, 0.717) is 55.2 Å². The summed E-state index contributed by atoms with van der Waals surface area (Å²) in [7, 11) is 1.57. The number of likely N-dealkylation sites (tertiary alicyclic amines) is 1. The molecule has 2 heterocycles. The van der Waals surface area contributed by atoms with Crippen molar-refractivity contribution in [1.29, 1.82) is 0 Å². The van der Waals surface area contributed by atoms with Gasteiger partial charge in [-0.15, -0.1) is 0 Å². The summed E-state index contributed by atoms with van der Waals surface area (Å²) in [5, 5.41) is 0. The Morgan fingerprint density at radius 3 is 2.47 bits per heavy atom. The maximum absolute atomic E-state index is 12.8. The van der Waals surface area contributed by atoms with Gasteiger partial charge < -0.3 is 19.1 Å². The van der Waals surface area contributed by atoms with Gasteiger partial charge in [0, 0.05) is 30.4 Å². The lowest BCUT2D eigenvalue weighted by Crippen LogP contribution is -2.54. The van der Waals surface area contributed by atoms with Gasteiger partial charge in [-0.2, -0.15) is 0 Å². The smallest absolute Gasteiger partial charge is 0.263 e. The minimum Gasteiger partial charge on any atom is -0.497 e. The van der Waals surface area contributed by atoms with Gasteiger partial charge >= 0.3 is 0 Å². The summed E-state index contributed by atoms with van der Waals surface area (Å²) >= 11 is 3.39. The molecule has 0 radical (unpaired) electrons. The standard InChI is InChI=1S/C23H24BrNO5/c1-15(29-17-5-3-16(24)4-6-17)22(27)25-11-9-23(10-12-25)14-20(26)19-13-18(28-2)7-8-21(19)30-23/h3-8,13,15H,9-12,14H2,1-2H3. The zero-order chi connectivity index (χ0) is 21.3. The van der Waals surface area contributed by atoms with E-state index in [2.05, 4.69) is 15.9 Å². The van der Waals surface area contributed by atoms with Crippen molar-refractivity contribution in [1.82, 2.24) is 4.90 Å². The van der Waals surface area contributed by atoms with Crippen LogP contribution in [-0.4, -0.2) is 48.5 Å². The minimum absolute atomic E-state index is 0.0555. The number of ketones is 1. The Bertz CT molecular complexity index is 951. The van der Waals surface area contributed by atoms with Crippen LogP contribution in [0.5, 0.6) is 17.2 Å². The highest BCUT2D eigenvalue weighted by Crippen LogP contribution is 2.40. The molecule has 2 aliphatic heterocycles. The van der Waals surface area contributed by atoms with Gasteiger partial charge in [-0.3, -0.25) is 9.59 Å². The maximum Gasteiger partial charge on any atom is 0.263 e. The van der Waals surface area contributed by atoms with Crippen molar-refractivity contribution >= 4 is 27.6 Å². The van der Waals surface area contributed by atoms with E-state index in [1.165, 1.54) is 0 Å². The number of carbonyl (C=O) groups excluding carboxylic acids is 2. The third kappa shape index (κ3) is 4.17. The zero-order valence-electron chi connectivity index (χ0n) is 17.0. The van der Waals surface area contributed by atoms with Gasteiger partial charge in [-0.05, 0) is 49.4 Å². The van der Waals surface area contributed by atoms with Gasteiger partial charge in [-0.25, -0.2) is 0 Å². The first-order chi connectivity index (χ1) is 14.4. The Morgan fingerprint density at radius 2 is 1.80 bits per heavy atom. The highest BCUT2D eigenvalue weighted by Gasteiger charge is 2.44. The molecule has 0 saturated carbocycles. The second kappa shape index (κ2) is 8.30. The first-order valence-electron chi connectivity index (χ1n) is 10.0. The Labute approximate surface area is 184 Å². The molecule has 1 spiro atoms. The second-order valence-corrected chi connectivity index (χ2v) is 8.70. The number of carbonyl (C=O) groups is 2. The van der Waals surface area contributed by atoms with Gasteiger partial charge in [0.25, 0.3) is 5.91 Å². The van der Waals surface area contributed by atoms with Gasteiger partial charge in [-0.1, -0.05) is 15.9 Å². The number of Topliss-reactive ketones (excluding diaryl/α,β-unsaturated/α-hetero) is 1. The highest BCUT2D eigenvalue weighted by atomic mass is 79.9. The Morgan fingerprint density at radius 1 is 1.13 bits per heavy atom. The molecule has 2 aromatic rings. The molecule has 6 nitrogen and oxygen atoms in total. The number of nitrogens with zero attached hydrogens (tertiary/aromatic N) is 1. The van der Waals surface area contributed by atoms with E-state index in [0.717, 1.165) is 4.47 Å². The lowest BCUT2D eigenvalue weighted by atomic mass is 9.82. The van der Waals surface area contributed by atoms with Crippen molar-refractivity contribution in [3.63, 3.8) is 0 Å². The number of hydrogen-bond acceptors (Lipinski definition) is 5. The van der Waals surface area contributed by atoms with E-state index < -0.39 is 11.7 Å². The van der Waals surface area contributed by atoms with Crippen molar-refractivity contribution in [2.24, 2.45) is 0 Å². The van der Waals surface area contributed by atoms with Gasteiger partial charge in [0.05, 0.1) is 19.1 Å². The fourth-order valence-corrected chi connectivity index (χ4v) is 4.30. The van der Waals surface area contributed by atoms with Crippen LogP contribution in [0.1, 0.15) is 36.5 Å². The molecule has 0 aromatic heterocycles. The number of benzene rings is 2. The lowest BCUT2D eigenvalue weighted by Gasteiger charge is -2.44. The van der Waals surface area contributed by atoms with E-state index in [1.807, 2.05) is 24.3 Å². The van der Waals surface area contributed by atoms with Crippen molar-refractivity contribution in [2.75, 3.05) is 20.2 Å². The van der Waals surface area contributed by atoms with E-state index >= 15 is 0 Å². The van der Waals surface area contributed by atoms with Crippen LogP contribution in [0.4, 0.5) is 0 Å². The van der Waals surface area contributed by atoms with Gasteiger partial charge in [0.2, 0.25) is 0 Å². The summed E-state index contributed by atoms with van der Waals surface area (Å²) < 4.78 is 18.2. The number of amides is 1. The van der Waals surface area contributed by atoms with E-state index in [4.69, 9.17) is 14.2 Å². The quantitative estimate of drug-likeness (QED) is 0.663. The van der Waals surface area contributed by atoms with Gasteiger partial charge in [0.15, 0.2) is 11.9 Å². The van der Waals surface area contributed by atoms with Crippen LogP contribution >= 0.6 is 15.9 Å². The maximum atomic E-state index is 12.8. The Balaban J connectivity index is 1.38. The molecule has 0 N–H and O–H groups in total. The molecule has 1 unspecified atom stereocenters. The number of hydrogen-bond donors (Lipinski definition) is 0. The predicted molar refractivity (Wildman–Crippen MR) is 115 cm³/mol. The molecule has 1 atom stereocenters. The van der Waals surface area contributed by atoms with Crippen LogP contribution in [0.2, 0.25) is 0 Å². The normalized spacial score (nSPS) is 18.4. The molecule has 158 valence electrons. The SMILES string of the molecule is COc1ccc2c(c1)C(=O)CC1(CCN(C(=O)C(C)Oc3ccc(Br)cc3)CC1)O2. The van der Waals surface area contributed by atoms with Crippen LogP contribution < -0.4 is 14.2 Å². The zero-order valence-corrected chi connectivity index (χ0v) is 18.6. The third-order valence-corrected chi connectivity index (χ3v) is 6.29. The van der Waals surface area contributed by atoms with E-state index in [1.54, 1.807) is 37.1 Å². The summed E-state index contributed by atoms with van der Waals surface area (Å²) in [5.41, 5.74) is 0.0145. The first-order valence-corrected chi connectivity index (χ1v) is 10.8. The van der Waals surface area contributed by atoms with E-state index in [-0.39, 0.29) is 11.7 Å². The number of fused-ring (bicyclic) bond motifs is 1. The number of rotatable bonds is 4. The molecule has 4 rings (SSSR count). The number of piperidine rings is 1. The molecular weight excluding hydrogens is 450 g/mol. The third-order valence-electron chi connectivity index (χ3n) is 5.76. The molecule has 0 aliphatic carbocycles.